The Morgan fingerprint density at radius 3 is 2.57 bits per heavy atom. The molecule has 1 N–H and O–H groups in total. The van der Waals surface area contributed by atoms with Gasteiger partial charge in [0.2, 0.25) is 5.91 Å². The fraction of sp³-hybridized carbons (Fsp3) is 0.882. The van der Waals surface area contributed by atoms with Gasteiger partial charge in [-0.2, -0.15) is 0 Å². The van der Waals surface area contributed by atoms with Gasteiger partial charge in [-0.3, -0.25) is 14.5 Å². The zero-order valence-electron chi connectivity index (χ0n) is 14.2. The summed E-state index contributed by atoms with van der Waals surface area (Å²) in [6.07, 6.45) is 7.17. The molecule has 21 heavy (non-hydrogen) atoms. The van der Waals surface area contributed by atoms with E-state index in [1.54, 1.807) is 6.92 Å². The summed E-state index contributed by atoms with van der Waals surface area (Å²) in [6.45, 7) is 8.74. The number of nitrogens with one attached hydrogen (secondary N) is 1. The van der Waals surface area contributed by atoms with Gasteiger partial charge in [0.05, 0.1) is 6.04 Å². The zero-order chi connectivity index (χ0) is 15.8. The highest BCUT2D eigenvalue weighted by molar-refractivity contribution is 5.82. The number of ketones is 1. The van der Waals surface area contributed by atoms with Crippen LogP contribution in [0, 0.1) is 0 Å². The molecule has 1 rings (SSSR count). The molecule has 1 heterocycles. The lowest BCUT2D eigenvalue weighted by Gasteiger charge is -2.34. The van der Waals surface area contributed by atoms with Crippen LogP contribution in [0.15, 0.2) is 0 Å². The summed E-state index contributed by atoms with van der Waals surface area (Å²) in [6, 6.07) is 0.308. The van der Waals surface area contributed by atoms with Gasteiger partial charge >= 0.3 is 0 Å². The molecule has 3 atom stereocenters. The topological polar surface area (TPSA) is 49.4 Å². The van der Waals surface area contributed by atoms with Crippen molar-refractivity contribution in [1.82, 2.24) is 10.2 Å². The van der Waals surface area contributed by atoms with Crippen molar-refractivity contribution in [2.24, 2.45) is 0 Å². The van der Waals surface area contributed by atoms with Crippen LogP contribution < -0.4 is 5.32 Å². The van der Waals surface area contributed by atoms with Crippen LogP contribution in [0.1, 0.15) is 72.6 Å². The largest absolute Gasteiger partial charge is 0.352 e. The minimum absolute atomic E-state index is 0.103. The highest BCUT2D eigenvalue weighted by Crippen LogP contribution is 2.22. The molecule has 4 nitrogen and oxygen atoms in total. The predicted molar refractivity (Wildman–Crippen MR) is 86.2 cm³/mol. The van der Waals surface area contributed by atoms with Crippen LogP contribution in [-0.2, 0) is 9.59 Å². The second-order valence-corrected chi connectivity index (χ2v) is 6.52. The summed E-state index contributed by atoms with van der Waals surface area (Å²) in [4.78, 5) is 26.2. The van der Waals surface area contributed by atoms with Crippen molar-refractivity contribution in [3.05, 3.63) is 0 Å². The monoisotopic (exact) mass is 296 g/mol. The molecule has 0 bridgehead atoms. The lowest BCUT2D eigenvalue weighted by molar-refractivity contribution is -0.128. The maximum Gasteiger partial charge on any atom is 0.237 e. The van der Waals surface area contributed by atoms with Crippen molar-refractivity contribution in [1.29, 1.82) is 0 Å². The van der Waals surface area contributed by atoms with Gasteiger partial charge in [0.1, 0.15) is 5.78 Å². The third-order valence-corrected chi connectivity index (χ3v) is 4.43. The third kappa shape index (κ3) is 6.16. The minimum atomic E-state index is -0.147. The van der Waals surface area contributed by atoms with Crippen molar-refractivity contribution in [3.63, 3.8) is 0 Å². The number of carbonyl (C=O) groups excluding carboxylic acids is 2. The van der Waals surface area contributed by atoms with Crippen LogP contribution >= 0.6 is 0 Å². The van der Waals surface area contributed by atoms with Crippen LogP contribution in [0.3, 0.4) is 0 Å². The molecule has 122 valence electrons. The number of hydrogen-bond donors (Lipinski definition) is 1. The summed E-state index contributed by atoms with van der Waals surface area (Å²) in [5.74, 6) is 0.324. The van der Waals surface area contributed by atoms with E-state index in [2.05, 4.69) is 24.1 Å². The molecule has 0 aliphatic carbocycles. The minimum Gasteiger partial charge on any atom is -0.352 e. The highest BCUT2D eigenvalue weighted by Gasteiger charge is 2.30. The number of amides is 1. The number of likely N-dealkylation sites (tertiary alicyclic amines) is 1. The highest BCUT2D eigenvalue weighted by atomic mass is 16.2. The molecule has 0 aromatic rings. The van der Waals surface area contributed by atoms with E-state index in [1.165, 1.54) is 6.42 Å². The summed E-state index contributed by atoms with van der Waals surface area (Å²) in [5, 5.41) is 3.11. The van der Waals surface area contributed by atoms with Gasteiger partial charge in [0.15, 0.2) is 0 Å². The molecule has 1 aliphatic heterocycles. The number of carbonyl (C=O) groups is 2. The molecule has 1 saturated heterocycles. The quantitative estimate of drug-likeness (QED) is 0.786. The molecule has 1 aliphatic rings. The van der Waals surface area contributed by atoms with E-state index in [1.807, 2.05) is 6.92 Å². The van der Waals surface area contributed by atoms with E-state index < -0.39 is 0 Å². The Morgan fingerprint density at radius 1 is 1.24 bits per heavy atom. The van der Waals surface area contributed by atoms with Crippen LogP contribution in [0.25, 0.3) is 0 Å². The van der Waals surface area contributed by atoms with Crippen LogP contribution in [-0.4, -0.2) is 41.3 Å². The van der Waals surface area contributed by atoms with Gasteiger partial charge in [-0.05, 0) is 46.6 Å². The predicted octanol–water partition coefficient (Wildman–Crippen LogP) is 2.90. The Bertz CT molecular complexity index is 344. The van der Waals surface area contributed by atoms with Gasteiger partial charge < -0.3 is 5.32 Å². The molecule has 0 saturated carbocycles. The van der Waals surface area contributed by atoms with Crippen LogP contribution in [0.4, 0.5) is 0 Å². The van der Waals surface area contributed by atoms with Gasteiger partial charge in [-0.1, -0.05) is 26.2 Å². The first-order chi connectivity index (χ1) is 9.95. The van der Waals surface area contributed by atoms with E-state index in [0.717, 1.165) is 38.6 Å². The SMILES string of the molecule is CCCC(C)NC(=O)C(C)N1CCCCCC1CC(C)=O. The zero-order valence-corrected chi connectivity index (χ0v) is 14.2. The molecular formula is C17H32N2O2. The van der Waals surface area contributed by atoms with Gasteiger partial charge in [-0.15, -0.1) is 0 Å². The summed E-state index contributed by atoms with van der Waals surface area (Å²) < 4.78 is 0. The normalized spacial score (nSPS) is 23.1. The fourth-order valence-corrected chi connectivity index (χ4v) is 3.28. The van der Waals surface area contributed by atoms with E-state index in [9.17, 15) is 9.59 Å². The van der Waals surface area contributed by atoms with Gasteiger partial charge in [-0.25, -0.2) is 0 Å². The Balaban J connectivity index is 2.67. The first-order valence-electron chi connectivity index (χ1n) is 8.51. The van der Waals surface area contributed by atoms with Crippen molar-refractivity contribution in [3.8, 4) is 0 Å². The van der Waals surface area contributed by atoms with Crippen molar-refractivity contribution >= 4 is 11.7 Å². The molecule has 0 spiro atoms. The van der Waals surface area contributed by atoms with Crippen molar-refractivity contribution < 1.29 is 9.59 Å². The standard InChI is InChI=1S/C17H32N2O2/c1-5-9-13(2)18-17(21)15(4)19-11-8-6-7-10-16(19)12-14(3)20/h13,15-16H,5-12H2,1-4H3,(H,18,21). The summed E-state index contributed by atoms with van der Waals surface area (Å²) in [5.41, 5.74) is 0. The number of hydrogen-bond acceptors (Lipinski definition) is 3. The smallest absolute Gasteiger partial charge is 0.237 e. The van der Waals surface area contributed by atoms with Gasteiger partial charge in [0.25, 0.3) is 0 Å². The average molecular weight is 296 g/mol. The first kappa shape index (κ1) is 18.1. The lowest BCUT2D eigenvalue weighted by atomic mass is 10.0. The van der Waals surface area contributed by atoms with Crippen molar-refractivity contribution in [2.45, 2.75) is 90.8 Å². The second-order valence-electron chi connectivity index (χ2n) is 6.52. The number of Topliss-reactive ketones (excluding diaryl/α,β-unsaturated/α-hetero) is 1. The Labute approximate surface area is 129 Å². The van der Waals surface area contributed by atoms with E-state index >= 15 is 0 Å². The maximum absolute atomic E-state index is 12.4. The lowest BCUT2D eigenvalue weighted by Crippen LogP contribution is -2.51. The van der Waals surface area contributed by atoms with E-state index in [-0.39, 0.29) is 29.8 Å². The molecule has 0 aromatic carbocycles. The molecule has 0 radical (unpaired) electrons. The Morgan fingerprint density at radius 2 is 1.95 bits per heavy atom. The summed E-state index contributed by atoms with van der Waals surface area (Å²) >= 11 is 0. The second kappa shape index (κ2) is 9.19. The van der Waals surface area contributed by atoms with Crippen molar-refractivity contribution in [2.75, 3.05) is 6.54 Å². The molecule has 0 aromatic heterocycles. The summed E-state index contributed by atoms with van der Waals surface area (Å²) in [7, 11) is 0. The maximum atomic E-state index is 12.4. The Kier molecular flexibility index (Phi) is 7.94. The first-order valence-corrected chi connectivity index (χ1v) is 8.51. The van der Waals surface area contributed by atoms with Crippen LogP contribution in [0.2, 0.25) is 0 Å². The van der Waals surface area contributed by atoms with Gasteiger partial charge in [0, 0.05) is 18.5 Å². The number of nitrogens with zero attached hydrogens (tertiary/aromatic N) is 1. The molecule has 4 heteroatoms. The molecule has 3 unspecified atom stereocenters. The average Bonchev–Trinajstić information content (AvgIpc) is 2.62. The Hall–Kier alpha value is -0.900. The third-order valence-electron chi connectivity index (χ3n) is 4.43. The molecular weight excluding hydrogens is 264 g/mol. The fourth-order valence-electron chi connectivity index (χ4n) is 3.28. The van der Waals surface area contributed by atoms with E-state index in [4.69, 9.17) is 0 Å². The molecule has 1 fully saturated rings. The van der Waals surface area contributed by atoms with Crippen LogP contribution in [0.5, 0.6) is 0 Å². The van der Waals surface area contributed by atoms with E-state index in [0.29, 0.717) is 6.42 Å². The molecule has 1 amide bonds. The number of rotatable bonds is 7.